The zero-order valence-corrected chi connectivity index (χ0v) is 20.4. The van der Waals surface area contributed by atoms with Gasteiger partial charge in [0.1, 0.15) is 29.8 Å². The van der Waals surface area contributed by atoms with Gasteiger partial charge in [-0.3, -0.25) is 9.69 Å². The lowest BCUT2D eigenvalue weighted by Crippen LogP contribution is -2.33. The fourth-order valence-electron chi connectivity index (χ4n) is 4.32. The van der Waals surface area contributed by atoms with Crippen molar-refractivity contribution in [2.24, 2.45) is 0 Å². The van der Waals surface area contributed by atoms with Crippen molar-refractivity contribution in [3.8, 4) is 17.2 Å². The van der Waals surface area contributed by atoms with Crippen molar-refractivity contribution < 1.29 is 23.4 Å². The highest BCUT2D eigenvalue weighted by atomic mass is 79.9. The Morgan fingerprint density at radius 1 is 1.18 bits per heavy atom. The van der Waals surface area contributed by atoms with Gasteiger partial charge in [0.15, 0.2) is 5.76 Å². The molecule has 2 aliphatic heterocycles. The number of halogens is 2. The molecule has 5 rings (SSSR count). The number of Topliss-reactive ketones (excluding diaryl/α,β-unsaturated/α-hetero) is 1. The van der Waals surface area contributed by atoms with Gasteiger partial charge >= 0.3 is 0 Å². The summed E-state index contributed by atoms with van der Waals surface area (Å²) in [4.78, 5) is 15.4. The van der Waals surface area contributed by atoms with Gasteiger partial charge in [-0.15, -0.1) is 0 Å². The van der Waals surface area contributed by atoms with Crippen molar-refractivity contribution in [1.29, 1.82) is 0 Å². The summed E-state index contributed by atoms with van der Waals surface area (Å²) < 4.78 is 31.7. The van der Waals surface area contributed by atoms with Crippen LogP contribution in [0.25, 0.3) is 6.08 Å². The molecule has 174 valence electrons. The van der Waals surface area contributed by atoms with Crippen LogP contribution in [0.3, 0.4) is 0 Å². The van der Waals surface area contributed by atoms with Crippen LogP contribution in [-0.4, -0.2) is 31.1 Å². The Bertz CT molecular complexity index is 1300. The minimum atomic E-state index is -0.240. The van der Waals surface area contributed by atoms with E-state index in [1.54, 1.807) is 25.3 Å². The first-order chi connectivity index (χ1) is 16.4. The Labute approximate surface area is 205 Å². The highest BCUT2D eigenvalue weighted by molar-refractivity contribution is 9.10. The normalized spacial score (nSPS) is 16.1. The smallest absolute Gasteiger partial charge is 0.232 e. The van der Waals surface area contributed by atoms with Crippen molar-refractivity contribution in [3.05, 3.63) is 92.4 Å². The van der Waals surface area contributed by atoms with Crippen molar-refractivity contribution >= 4 is 27.8 Å². The molecule has 0 saturated carbocycles. The van der Waals surface area contributed by atoms with Gasteiger partial charge in [-0.25, -0.2) is 4.39 Å². The molecule has 3 aromatic carbocycles. The van der Waals surface area contributed by atoms with Gasteiger partial charge in [-0.2, -0.15) is 0 Å². The zero-order valence-electron chi connectivity index (χ0n) is 18.9. The lowest BCUT2D eigenvalue weighted by molar-refractivity contribution is 0.0949. The fourth-order valence-corrected chi connectivity index (χ4v) is 4.70. The number of aryl methyl sites for hydroxylation is 1. The van der Waals surface area contributed by atoms with Crippen molar-refractivity contribution in [3.63, 3.8) is 0 Å². The van der Waals surface area contributed by atoms with Crippen LogP contribution in [0, 0.1) is 12.7 Å². The molecule has 3 aromatic rings. The Hall–Kier alpha value is -3.16. The minimum Gasteiger partial charge on any atom is -0.496 e. The summed E-state index contributed by atoms with van der Waals surface area (Å²) in [6.45, 7) is 3.67. The lowest BCUT2D eigenvalue weighted by atomic mass is 9.98. The van der Waals surface area contributed by atoms with E-state index in [9.17, 15) is 9.18 Å². The molecule has 2 heterocycles. The summed E-state index contributed by atoms with van der Waals surface area (Å²) in [5.41, 5.74) is 4.06. The number of carbonyl (C=O) groups is 1. The van der Waals surface area contributed by atoms with E-state index in [0.29, 0.717) is 30.3 Å². The highest BCUT2D eigenvalue weighted by Gasteiger charge is 2.35. The van der Waals surface area contributed by atoms with Crippen molar-refractivity contribution in [1.82, 2.24) is 4.90 Å². The van der Waals surface area contributed by atoms with Gasteiger partial charge in [-0.1, -0.05) is 28.1 Å². The summed E-state index contributed by atoms with van der Waals surface area (Å²) in [7, 11) is 1.59. The second-order valence-electron chi connectivity index (χ2n) is 8.40. The molecule has 0 aromatic heterocycles. The molecular weight excluding hydrogens is 501 g/mol. The number of methoxy groups -OCH3 is 1. The SMILES string of the molecule is COc1ccc(Br)cc1/C=C1/Oc2c3c(cc(C)c2C1=O)OCN(CCc1ccc(F)cc1)C3. The number of nitrogens with zero attached hydrogens (tertiary/aromatic N) is 1. The standard InChI is InChI=1S/C27H23BrFNO4/c1-16-11-23-21(14-30(15-33-23)10-9-17-3-6-20(29)7-4-17)27-25(16)26(31)24(34-27)13-18-12-19(28)5-8-22(18)32-2/h3-8,11-13H,9-10,14-15H2,1-2H3/b24-13+. The molecule has 2 aliphatic rings. The van der Waals surface area contributed by atoms with Gasteiger partial charge < -0.3 is 14.2 Å². The summed E-state index contributed by atoms with van der Waals surface area (Å²) >= 11 is 3.47. The lowest BCUT2D eigenvalue weighted by Gasteiger charge is -2.30. The van der Waals surface area contributed by atoms with Crippen LogP contribution in [0.1, 0.15) is 32.6 Å². The van der Waals surface area contributed by atoms with Crippen LogP contribution >= 0.6 is 15.9 Å². The molecule has 0 amide bonds. The summed E-state index contributed by atoms with van der Waals surface area (Å²) in [6, 6.07) is 14.0. The van der Waals surface area contributed by atoms with E-state index in [1.165, 1.54) is 12.1 Å². The third kappa shape index (κ3) is 4.33. The van der Waals surface area contributed by atoms with E-state index in [0.717, 1.165) is 45.4 Å². The first-order valence-electron chi connectivity index (χ1n) is 11.0. The molecule has 0 N–H and O–H groups in total. The number of hydrogen-bond acceptors (Lipinski definition) is 5. The zero-order chi connectivity index (χ0) is 23.8. The molecule has 7 heteroatoms. The minimum absolute atomic E-state index is 0.152. The molecule has 0 atom stereocenters. The van der Waals surface area contributed by atoms with E-state index in [1.807, 2.05) is 31.2 Å². The topological polar surface area (TPSA) is 48.0 Å². The molecule has 34 heavy (non-hydrogen) atoms. The summed E-state index contributed by atoms with van der Waals surface area (Å²) in [6.07, 6.45) is 2.48. The molecule has 5 nitrogen and oxygen atoms in total. The van der Waals surface area contributed by atoms with Crippen LogP contribution < -0.4 is 14.2 Å². The Balaban J connectivity index is 1.41. The molecule has 0 saturated heterocycles. The molecule has 0 fully saturated rings. The molecular formula is C27H23BrFNO4. The van der Waals surface area contributed by atoms with Gasteiger partial charge in [0.2, 0.25) is 5.78 Å². The Kier molecular flexibility index (Phi) is 6.15. The number of carbonyl (C=O) groups excluding carboxylic acids is 1. The van der Waals surface area contributed by atoms with Crippen molar-refractivity contribution in [2.75, 3.05) is 20.4 Å². The van der Waals surface area contributed by atoms with E-state index < -0.39 is 0 Å². The maximum atomic E-state index is 13.3. The predicted molar refractivity (Wildman–Crippen MR) is 131 cm³/mol. The second kappa shape index (κ2) is 9.24. The summed E-state index contributed by atoms with van der Waals surface area (Å²) in [5.74, 6) is 1.82. The number of allylic oxidation sites excluding steroid dienone is 1. The van der Waals surface area contributed by atoms with Crippen LogP contribution in [-0.2, 0) is 13.0 Å². The maximum absolute atomic E-state index is 13.3. The van der Waals surface area contributed by atoms with E-state index in [4.69, 9.17) is 14.2 Å². The summed E-state index contributed by atoms with van der Waals surface area (Å²) in [5, 5.41) is 0. The molecule has 0 bridgehead atoms. The number of rotatable bonds is 5. The molecule has 0 spiro atoms. The van der Waals surface area contributed by atoms with E-state index in [-0.39, 0.29) is 17.4 Å². The monoisotopic (exact) mass is 523 g/mol. The molecule has 0 unspecified atom stereocenters. The van der Waals surface area contributed by atoms with Crippen LogP contribution in [0.15, 0.2) is 58.8 Å². The number of hydrogen-bond donors (Lipinski definition) is 0. The van der Waals surface area contributed by atoms with E-state index in [2.05, 4.69) is 20.8 Å². The largest absolute Gasteiger partial charge is 0.496 e. The van der Waals surface area contributed by atoms with Gasteiger partial charge in [0.05, 0.1) is 18.2 Å². The van der Waals surface area contributed by atoms with Crippen LogP contribution in [0.2, 0.25) is 0 Å². The maximum Gasteiger partial charge on any atom is 0.232 e. The second-order valence-corrected chi connectivity index (χ2v) is 9.32. The number of ether oxygens (including phenoxy) is 3. The number of fused-ring (bicyclic) bond motifs is 3. The number of benzene rings is 3. The average molecular weight is 524 g/mol. The van der Waals surface area contributed by atoms with Gasteiger partial charge in [0, 0.05) is 23.1 Å². The van der Waals surface area contributed by atoms with E-state index >= 15 is 0 Å². The van der Waals surface area contributed by atoms with Gasteiger partial charge in [-0.05, 0) is 66.9 Å². The molecule has 0 aliphatic carbocycles. The Morgan fingerprint density at radius 3 is 2.74 bits per heavy atom. The first kappa shape index (κ1) is 22.6. The third-order valence-corrected chi connectivity index (χ3v) is 6.59. The molecule has 0 radical (unpaired) electrons. The third-order valence-electron chi connectivity index (χ3n) is 6.10. The first-order valence-corrected chi connectivity index (χ1v) is 11.8. The highest BCUT2D eigenvalue weighted by Crippen LogP contribution is 2.44. The van der Waals surface area contributed by atoms with Crippen LogP contribution in [0.5, 0.6) is 17.2 Å². The average Bonchev–Trinajstić information content (AvgIpc) is 3.16. The number of ketones is 1. The van der Waals surface area contributed by atoms with Gasteiger partial charge in [0.25, 0.3) is 0 Å². The predicted octanol–water partition coefficient (Wildman–Crippen LogP) is 5.92. The van der Waals surface area contributed by atoms with Crippen LogP contribution in [0.4, 0.5) is 4.39 Å². The van der Waals surface area contributed by atoms with Crippen molar-refractivity contribution in [2.45, 2.75) is 19.9 Å². The quantitative estimate of drug-likeness (QED) is 0.388. The Morgan fingerprint density at radius 2 is 1.97 bits per heavy atom. The fraction of sp³-hybridized carbons (Fsp3) is 0.222.